The number of nitrogens with zero attached hydrogens (tertiary/aromatic N) is 1. The molecule has 0 radical (unpaired) electrons. The monoisotopic (exact) mass is 438 g/mol. The van der Waals surface area contributed by atoms with E-state index in [0.29, 0.717) is 36.1 Å². The number of carbonyl (C=O) groups is 1. The van der Waals surface area contributed by atoms with Crippen LogP contribution >= 0.6 is 12.4 Å². The zero-order chi connectivity index (χ0) is 20.5. The summed E-state index contributed by atoms with van der Waals surface area (Å²) in [7, 11) is 0. The van der Waals surface area contributed by atoms with Crippen molar-refractivity contribution in [3.63, 3.8) is 0 Å². The highest BCUT2D eigenvalue weighted by atomic mass is 35.5. The van der Waals surface area contributed by atoms with Gasteiger partial charge in [-0.3, -0.25) is 4.79 Å². The third-order valence-electron chi connectivity index (χ3n) is 7.37. The number of benzene rings is 1. The molecular formula is C24H36ClFN2O2. The van der Waals surface area contributed by atoms with E-state index in [0.717, 1.165) is 51.4 Å². The molecule has 30 heavy (non-hydrogen) atoms. The van der Waals surface area contributed by atoms with E-state index in [1.54, 1.807) is 6.07 Å². The van der Waals surface area contributed by atoms with Crippen LogP contribution in [-0.4, -0.2) is 41.6 Å². The Hall–Kier alpha value is -1.17. The number of hydrogen-bond donors (Lipinski definition) is 1. The van der Waals surface area contributed by atoms with Crippen molar-refractivity contribution in [3.05, 3.63) is 35.1 Å². The van der Waals surface area contributed by atoms with Crippen LogP contribution in [0.5, 0.6) is 0 Å². The molecule has 1 aromatic carbocycles. The maximum absolute atomic E-state index is 13.7. The standard InChI is InChI=1S/C24H35FN2O2.ClH/c1-3-10-29-23-14-17(5-9-22(23)26)24(28)27-19-6-7-20(27)13-18(12-19)16-4-8-21(25)15(2)11-16;/h4,8,11,17-20,22-23H,3,5-7,9-10,12-14,26H2,1-2H3;1H/t17-,18?,19-,20+,22-,23-;/m0./s1. The molecule has 1 amide bonds. The zero-order valence-corrected chi connectivity index (χ0v) is 19.0. The minimum absolute atomic E-state index is 0. The minimum Gasteiger partial charge on any atom is -0.377 e. The molecule has 2 bridgehead atoms. The molecule has 0 aromatic heterocycles. The number of fused-ring (bicyclic) bond motifs is 2. The van der Waals surface area contributed by atoms with Gasteiger partial charge in [-0.05, 0) is 81.4 Å². The van der Waals surface area contributed by atoms with E-state index in [2.05, 4.69) is 11.8 Å². The lowest BCUT2D eigenvalue weighted by Gasteiger charge is -2.43. The number of rotatable bonds is 5. The maximum Gasteiger partial charge on any atom is 0.226 e. The van der Waals surface area contributed by atoms with E-state index in [-0.39, 0.29) is 36.3 Å². The van der Waals surface area contributed by atoms with Crippen molar-refractivity contribution in [3.8, 4) is 0 Å². The average molecular weight is 439 g/mol. The maximum atomic E-state index is 13.7. The van der Waals surface area contributed by atoms with E-state index in [4.69, 9.17) is 10.5 Å². The number of piperidine rings is 1. The second-order valence-electron chi connectivity index (χ2n) is 9.39. The quantitative estimate of drug-likeness (QED) is 0.723. The van der Waals surface area contributed by atoms with Gasteiger partial charge in [-0.2, -0.15) is 0 Å². The molecule has 4 nitrogen and oxygen atoms in total. The van der Waals surface area contributed by atoms with Crippen LogP contribution in [0.1, 0.15) is 75.3 Å². The predicted molar refractivity (Wildman–Crippen MR) is 119 cm³/mol. The first-order valence-electron chi connectivity index (χ1n) is 11.4. The first-order valence-corrected chi connectivity index (χ1v) is 11.4. The first-order chi connectivity index (χ1) is 14.0. The van der Waals surface area contributed by atoms with Gasteiger partial charge in [0.15, 0.2) is 0 Å². The summed E-state index contributed by atoms with van der Waals surface area (Å²) in [5.74, 6) is 0.656. The van der Waals surface area contributed by atoms with Gasteiger partial charge >= 0.3 is 0 Å². The van der Waals surface area contributed by atoms with Gasteiger partial charge < -0.3 is 15.4 Å². The molecule has 2 aliphatic heterocycles. The molecule has 2 heterocycles. The van der Waals surface area contributed by atoms with Gasteiger partial charge in [-0.25, -0.2) is 4.39 Å². The van der Waals surface area contributed by atoms with Crippen molar-refractivity contribution in [2.45, 2.75) is 95.4 Å². The summed E-state index contributed by atoms with van der Waals surface area (Å²) in [4.78, 5) is 15.7. The molecule has 4 rings (SSSR count). The second kappa shape index (κ2) is 9.97. The van der Waals surface area contributed by atoms with Gasteiger partial charge in [-0.15, -0.1) is 12.4 Å². The van der Waals surface area contributed by atoms with E-state index in [9.17, 15) is 9.18 Å². The van der Waals surface area contributed by atoms with Crippen molar-refractivity contribution in [2.24, 2.45) is 11.7 Å². The molecule has 0 spiro atoms. The molecule has 2 N–H and O–H groups in total. The molecule has 6 heteroatoms. The largest absolute Gasteiger partial charge is 0.377 e. The van der Waals surface area contributed by atoms with E-state index in [1.807, 2.05) is 19.1 Å². The summed E-state index contributed by atoms with van der Waals surface area (Å²) < 4.78 is 19.6. The number of ether oxygens (including phenoxy) is 1. The number of amides is 1. The summed E-state index contributed by atoms with van der Waals surface area (Å²) in [5.41, 5.74) is 8.20. The lowest BCUT2D eigenvalue weighted by molar-refractivity contribution is -0.143. The van der Waals surface area contributed by atoms with Gasteiger partial charge in [-0.1, -0.05) is 19.1 Å². The molecule has 1 saturated carbocycles. The first kappa shape index (κ1) is 23.5. The van der Waals surface area contributed by atoms with Crippen molar-refractivity contribution in [1.29, 1.82) is 0 Å². The Bertz CT molecular complexity index is 732. The van der Waals surface area contributed by atoms with Gasteiger partial charge in [0.05, 0.1) is 6.10 Å². The van der Waals surface area contributed by atoms with Gasteiger partial charge in [0.2, 0.25) is 5.91 Å². The number of nitrogens with two attached hydrogens (primary N) is 1. The van der Waals surface area contributed by atoms with Crippen LogP contribution in [-0.2, 0) is 9.53 Å². The van der Waals surface area contributed by atoms with E-state index in [1.165, 1.54) is 5.56 Å². The minimum atomic E-state index is -0.139. The Kier molecular flexibility index (Phi) is 7.81. The Morgan fingerprint density at radius 3 is 2.50 bits per heavy atom. The summed E-state index contributed by atoms with van der Waals surface area (Å²) in [6.07, 6.45) is 7.66. The average Bonchev–Trinajstić information content (AvgIpc) is 2.98. The number of carbonyl (C=O) groups excluding carboxylic acids is 1. The fourth-order valence-corrected chi connectivity index (χ4v) is 5.78. The molecule has 3 fully saturated rings. The van der Waals surface area contributed by atoms with Crippen LogP contribution in [0.2, 0.25) is 0 Å². The summed E-state index contributed by atoms with van der Waals surface area (Å²) in [5, 5.41) is 0. The Morgan fingerprint density at radius 2 is 1.87 bits per heavy atom. The fourth-order valence-electron chi connectivity index (χ4n) is 5.78. The van der Waals surface area contributed by atoms with Gasteiger partial charge in [0.25, 0.3) is 0 Å². The molecule has 1 aliphatic carbocycles. The molecule has 1 unspecified atom stereocenters. The van der Waals surface area contributed by atoms with Gasteiger partial charge in [0, 0.05) is 30.7 Å². The smallest absolute Gasteiger partial charge is 0.226 e. The highest BCUT2D eigenvalue weighted by molar-refractivity contribution is 5.85. The van der Waals surface area contributed by atoms with Crippen LogP contribution in [0.15, 0.2) is 18.2 Å². The van der Waals surface area contributed by atoms with E-state index < -0.39 is 0 Å². The Balaban J connectivity index is 0.00000256. The van der Waals surface area contributed by atoms with E-state index >= 15 is 0 Å². The molecule has 3 aliphatic rings. The molecule has 6 atom stereocenters. The van der Waals surface area contributed by atoms with Crippen molar-refractivity contribution in [2.75, 3.05) is 6.61 Å². The van der Waals surface area contributed by atoms with Crippen LogP contribution in [0.25, 0.3) is 0 Å². The molecule has 168 valence electrons. The molecule has 1 aromatic rings. The van der Waals surface area contributed by atoms with Crippen molar-refractivity contribution >= 4 is 18.3 Å². The predicted octanol–water partition coefficient (Wildman–Crippen LogP) is 4.72. The van der Waals surface area contributed by atoms with Crippen molar-refractivity contribution in [1.82, 2.24) is 4.90 Å². The summed E-state index contributed by atoms with van der Waals surface area (Å²) in [6.45, 7) is 4.64. The second-order valence-corrected chi connectivity index (χ2v) is 9.39. The number of halogens is 2. The lowest BCUT2D eigenvalue weighted by atomic mass is 9.80. The number of hydrogen-bond acceptors (Lipinski definition) is 3. The fraction of sp³-hybridized carbons (Fsp3) is 0.708. The highest BCUT2D eigenvalue weighted by Gasteiger charge is 2.46. The SMILES string of the molecule is CCCO[C@H]1C[C@@H](C(=O)N2[C@@H]3CC[C@H]2CC(c2ccc(F)c(C)c2)C3)CC[C@@H]1N.Cl. The lowest BCUT2D eigenvalue weighted by Crippen LogP contribution is -2.51. The highest BCUT2D eigenvalue weighted by Crippen LogP contribution is 2.44. The molecule has 2 saturated heterocycles. The number of aryl methyl sites for hydroxylation is 1. The summed E-state index contributed by atoms with van der Waals surface area (Å²) in [6, 6.07) is 6.21. The molecular weight excluding hydrogens is 403 g/mol. The summed E-state index contributed by atoms with van der Waals surface area (Å²) >= 11 is 0. The zero-order valence-electron chi connectivity index (χ0n) is 18.2. The van der Waals surface area contributed by atoms with Gasteiger partial charge in [0.1, 0.15) is 5.82 Å². The topological polar surface area (TPSA) is 55.6 Å². The van der Waals surface area contributed by atoms with Crippen LogP contribution in [0, 0.1) is 18.7 Å². The van der Waals surface area contributed by atoms with Crippen molar-refractivity contribution < 1.29 is 13.9 Å². The third kappa shape index (κ3) is 4.68. The third-order valence-corrected chi connectivity index (χ3v) is 7.37. The Labute approximate surface area is 186 Å². The Morgan fingerprint density at radius 1 is 1.17 bits per heavy atom. The van der Waals surface area contributed by atoms with Crippen LogP contribution < -0.4 is 5.73 Å². The van der Waals surface area contributed by atoms with Crippen LogP contribution in [0.3, 0.4) is 0 Å². The normalized spacial score (nSPS) is 33.3. The van der Waals surface area contributed by atoms with Crippen LogP contribution in [0.4, 0.5) is 4.39 Å².